The molecule has 0 saturated heterocycles. The minimum Gasteiger partial charge on any atom is -0.489 e. The minimum atomic E-state index is -0.740. The van der Waals surface area contributed by atoms with Gasteiger partial charge in [-0.2, -0.15) is 0 Å². The number of carboxylic acids is 1. The normalized spacial score (nSPS) is 22.0. The molecule has 0 bridgehead atoms. The van der Waals surface area contributed by atoms with Crippen LogP contribution in [0, 0.1) is 11.7 Å². The fourth-order valence-electron chi connectivity index (χ4n) is 3.93. The molecule has 27 heavy (non-hydrogen) atoms. The van der Waals surface area contributed by atoms with E-state index < -0.39 is 5.97 Å². The lowest BCUT2D eigenvalue weighted by molar-refractivity contribution is -0.137. The Morgan fingerprint density at radius 2 is 2.04 bits per heavy atom. The average molecular weight is 370 g/mol. The molecular weight excluding hydrogens is 347 g/mol. The fraction of sp³-hybridized carbons (Fsp3) is 0.409. The number of aliphatic carboxylic acids is 1. The summed E-state index contributed by atoms with van der Waals surface area (Å²) in [5, 5.41) is 8.87. The van der Waals surface area contributed by atoms with Gasteiger partial charge in [-0.05, 0) is 61.9 Å². The number of carbonyl (C=O) groups is 1. The van der Waals surface area contributed by atoms with Gasteiger partial charge in [0.1, 0.15) is 29.5 Å². The first-order valence-corrected chi connectivity index (χ1v) is 9.25. The zero-order valence-electron chi connectivity index (χ0n) is 15.5. The van der Waals surface area contributed by atoms with Gasteiger partial charge < -0.3 is 14.6 Å². The number of benzene rings is 2. The number of ether oxygens (including phenoxy) is 2. The summed E-state index contributed by atoms with van der Waals surface area (Å²) in [6.07, 6.45) is 1.83. The van der Waals surface area contributed by atoms with E-state index in [0.29, 0.717) is 23.7 Å². The lowest BCUT2D eigenvalue weighted by atomic mass is 10.0. The summed E-state index contributed by atoms with van der Waals surface area (Å²) >= 11 is 0. The molecule has 2 unspecified atom stereocenters. The Morgan fingerprint density at radius 1 is 1.30 bits per heavy atom. The summed E-state index contributed by atoms with van der Waals surface area (Å²) in [7, 11) is 0. The second-order valence-corrected chi connectivity index (χ2v) is 8.15. The van der Waals surface area contributed by atoms with Crippen molar-refractivity contribution in [2.45, 2.75) is 51.2 Å². The highest BCUT2D eigenvalue weighted by atomic mass is 19.1. The van der Waals surface area contributed by atoms with Gasteiger partial charge in [-0.3, -0.25) is 4.79 Å². The van der Waals surface area contributed by atoms with Gasteiger partial charge in [0.05, 0.1) is 0 Å². The molecule has 0 radical (unpaired) electrons. The molecule has 1 heterocycles. The van der Waals surface area contributed by atoms with Crippen molar-refractivity contribution in [1.29, 1.82) is 0 Å². The molecule has 0 aromatic heterocycles. The summed E-state index contributed by atoms with van der Waals surface area (Å²) in [5.41, 5.74) is 2.41. The molecule has 2 atom stereocenters. The van der Waals surface area contributed by atoms with Crippen LogP contribution in [0.25, 0.3) is 0 Å². The van der Waals surface area contributed by atoms with Crippen LogP contribution in [0.1, 0.15) is 49.3 Å². The van der Waals surface area contributed by atoms with E-state index in [-0.39, 0.29) is 30.4 Å². The molecule has 2 aromatic rings. The molecule has 1 N–H and O–H groups in total. The molecule has 1 aliphatic carbocycles. The standard InChI is InChI=1S/C22H23FO4/c1-22(2)11-15-7-17(23)8-16(21(15)27-22)12-26-18-5-3-13(4-6-18)19-9-14(19)10-20(24)25/h3-8,14,19H,9-12H2,1-2H3,(H,24,25). The number of halogens is 1. The third-order valence-electron chi connectivity index (χ3n) is 5.26. The van der Waals surface area contributed by atoms with Crippen molar-refractivity contribution in [2.75, 3.05) is 0 Å². The number of hydrogen-bond donors (Lipinski definition) is 1. The smallest absolute Gasteiger partial charge is 0.303 e. The molecule has 2 aliphatic rings. The van der Waals surface area contributed by atoms with Crippen LogP contribution in [0.3, 0.4) is 0 Å². The Bertz CT molecular complexity index is 873. The number of hydrogen-bond acceptors (Lipinski definition) is 3. The van der Waals surface area contributed by atoms with Crippen molar-refractivity contribution in [2.24, 2.45) is 5.92 Å². The first-order valence-electron chi connectivity index (χ1n) is 9.25. The van der Waals surface area contributed by atoms with Crippen LogP contribution in [-0.2, 0) is 17.8 Å². The quantitative estimate of drug-likeness (QED) is 0.801. The molecule has 2 aromatic carbocycles. The summed E-state index contributed by atoms with van der Waals surface area (Å²) in [4.78, 5) is 10.8. The highest BCUT2D eigenvalue weighted by Gasteiger charge is 2.39. The summed E-state index contributed by atoms with van der Waals surface area (Å²) < 4.78 is 25.7. The number of carboxylic acid groups (broad SMARTS) is 1. The molecule has 1 aliphatic heterocycles. The predicted octanol–water partition coefficient (Wildman–Crippen LogP) is 4.70. The van der Waals surface area contributed by atoms with E-state index in [2.05, 4.69) is 0 Å². The van der Waals surface area contributed by atoms with E-state index in [1.165, 1.54) is 12.1 Å². The lowest BCUT2D eigenvalue weighted by Gasteiger charge is -2.18. The SMILES string of the molecule is CC1(C)Cc2cc(F)cc(COc3ccc(C4CC4CC(=O)O)cc3)c2O1. The van der Waals surface area contributed by atoms with Gasteiger partial charge >= 0.3 is 5.97 Å². The third-order valence-corrected chi connectivity index (χ3v) is 5.26. The molecule has 142 valence electrons. The van der Waals surface area contributed by atoms with Gasteiger partial charge in [0.25, 0.3) is 0 Å². The Morgan fingerprint density at radius 3 is 2.74 bits per heavy atom. The lowest BCUT2D eigenvalue weighted by Crippen LogP contribution is -2.25. The van der Waals surface area contributed by atoms with Crippen LogP contribution < -0.4 is 9.47 Å². The van der Waals surface area contributed by atoms with E-state index >= 15 is 0 Å². The Kier molecular flexibility index (Phi) is 4.33. The fourth-order valence-corrected chi connectivity index (χ4v) is 3.93. The van der Waals surface area contributed by atoms with Gasteiger partial charge in [-0.1, -0.05) is 12.1 Å². The second kappa shape index (κ2) is 6.55. The average Bonchev–Trinajstić information content (AvgIpc) is 3.26. The predicted molar refractivity (Wildman–Crippen MR) is 98.7 cm³/mol. The van der Waals surface area contributed by atoms with Gasteiger partial charge in [-0.15, -0.1) is 0 Å². The molecule has 5 heteroatoms. The van der Waals surface area contributed by atoms with Gasteiger partial charge in [-0.25, -0.2) is 4.39 Å². The number of rotatable bonds is 6. The van der Waals surface area contributed by atoms with Crippen molar-refractivity contribution in [3.63, 3.8) is 0 Å². The Labute approximate surface area is 157 Å². The molecule has 4 nitrogen and oxygen atoms in total. The van der Waals surface area contributed by atoms with Gasteiger partial charge in [0.15, 0.2) is 0 Å². The van der Waals surface area contributed by atoms with Crippen LogP contribution in [0.15, 0.2) is 36.4 Å². The topological polar surface area (TPSA) is 55.8 Å². The van der Waals surface area contributed by atoms with Crippen LogP contribution >= 0.6 is 0 Å². The largest absolute Gasteiger partial charge is 0.489 e. The summed E-state index contributed by atoms with van der Waals surface area (Å²) in [5.74, 6) is 0.983. The third kappa shape index (κ3) is 3.92. The second-order valence-electron chi connectivity index (χ2n) is 8.15. The monoisotopic (exact) mass is 370 g/mol. The number of fused-ring (bicyclic) bond motifs is 1. The Hall–Kier alpha value is -2.56. The van der Waals surface area contributed by atoms with E-state index in [1.807, 2.05) is 38.1 Å². The maximum atomic E-state index is 13.9. The van der Waals surface area contributed by atoms with Crippen LogP contribution in [0.2, 0.25) is 0 Å². The van der Waals surface area contributed by atoms with Crippen molar-refractivity contribution < 1.29 is 23.8 Å². The van der Waals surface area contributed by atoms with Gasteiger partial charge in [0.2, 0.25) is 0 Å². The molecule has 0 spiro atoms. The van der Waals surface area contributed by atoms with E-state index in [1.54, 1.807) is 0 Å². The minimum absolute atomic E-state index is 0.226. The molecule has 0 amide bonds. The highest BCUT2D eigenvalue weighted by Crippen LogP contribution is 2.49. The molecular formula is C22H23FO4. The van der Waals surface area contributed by atoms with Gasteiger partial charge in [0, 0.05) is 24.0 Å². The Balaban J connectivity index is 1.41. The molecule has 1 fully saturated rings. The first kappa shape index (κ1) is 17.8. The van der Waals surface area contributed by atoms with Crippen molar-refractivity contribution in [3.8, 4) is 11.5 Å². The highest BCUT2D eigenvalue weighted by molar-refractivity contribution is 5.67. The van der Waals surface area contributed by atoms with Crippen molar-refractivity contribution >= 4 is 5.97 Å². The molecule has 4 rings (SSSR count). The molecule has 1 saturated carbocycles. The van der Waals surface area contributed by atoms with E-state index in [4.69, 9.17) is 14.6 Å². The first-order chi connectivity index (χ1) is 12.8. The maximum Gasteiger partial charge on any atom is 0.303 e. The van der Waals surface area contributed by atoms with Crippen molar-refractivity contribution in [3.05, 3.63) is 58.9 Å². The van der Waals surface area contributed by atoms with E-state index in [0.717, 1.165) is 23.3 Å². The zero-order chi connectivity index (χ0) is 19.2. The van der Waals surface area contributed by atoms with E-state index in [9.17, 15) is 9.18 Å². The summed E-state index contributed by atoms with van der Waals surface area (Å²) in [6.45, 7) is 4.22. The van der Waals surface area contributed by atoms with Crippen LogP contribution in [-0.4, -0.2) is 16.7 Å². The van der Waals surface area contributed by atoms with Crippen molar-refractivity contribution in [1.82, 2.24) is 0 Å². The maximum absolute atomic E-state index is 13.9. The zero-order valence-corrected chi connectivity index (χ0v) is 15.5. The summed E-state index contributed by atoms with van der Waals surface area (Å²) in [6, 6.07) is 10.7. The van der Waals surface area contributed by atoms with Crippen LogP contribution in [0.5, 0.6) is 11.5 Å². The van der Waals surface area contributed by atoms with Crippen LogP contribution in [0.4, 0.5) is 4.39 Å².